The maximum absolute atomic E-state index is 12.5. The van der Waals surface area contributed by atoms with Crippen molar-refractivity contribution in [2.45, 2.75) is 59.5 Å². The molecule has 1 saturated carbocycles. The van der Waals surface area contributed by atoms with Gasteiger partial charge in [0.1, 0.15) is 12.7 Å². The molecule has 27 heavy (non-hydrogen) atoms. The molecule has 6 nitrogen and oxygen atoms in total. The van der Waals surface area contributed by atoms with Gasteiger partial charge in [-0.1, -0.05) is 45.0 Å². The van der Waals surface area contributed by atoms with Gasteiger partial charge in [0.05, 0.1) is 18.9 Å². The van der Waals surface area contributed by atoms with Crippen molar-refractivity contribution in [3.05, 3.63) is 12.7 Å². The van der Waals surface area contributed by atoms with E-state index in [0.29, 0.717) is 17.8 Å². The molecule has 0 bridgehead atoms. The topological polar surface area (TPSA) is 74.2 Å². The Morgan fingerprint density at radius 2 is 2.15 bits per heavy atom. The van der Waals surface area contributed by atoms with Crippen LogP contribution in [0.25, 0.3) is 0 Å². The van der Waals surface area contributed by atoms with Crippen molar-refractivity contribution in [3.63, 3.8) is 0 Å². The molecule has 0 aromatic carbocycles. The Kier molecular flexibility index (Phi) is 7.87. The maximum atomic E-state index is 12.5. The van der Waals surface area contributed by atoms with Crippen LogP contribution in [-0.4, -0.2) is 37.0 Å². The summed E-state index contributed by atoms with van der Waals surface area (Å²) in [5, 5.41) is 4.02. The van der Waals surface area contributed by atoms with E-state index in [1.807, 2.05) is 0 Å². The van der Waals surface area contributed by atoms with Crippen molar-refractivity contribution in [2.75, 3.05) is 13.2 Å². The molecule has 1 aliphatic carbocycles. The summed E-state index contributed by atoms with van der Waals surface area (Å²) < 4.78 is 10.9. The second-order valence-corrected chi connectivity index (χ2v) is 8.04. The van der Waals surface area contributed by atoms with Crippen LogP contribution in [0.15, 0.2) is 17.8 Å². The lowest BCUT2D eigenvalue weighted by Gasteiger charge is -2.41. The number of hydrogen-bond acceptors (Lipinski definition) is 6. The van der Waals surface area contributed by atoms with Crippen LogP contribution in [0, 0.1) is 29.6 Å². The van der Waals surface area contributed by atoms with E-state index in [9.17, 15) is 9.59 Å². The maximum Gasteiger partial charge on any atom is 0.356 e. The standard InChI is InChI=1S/C21H33NO5/c1-6-10-26-22-19(21(24)25-7-2)17-12-18(23)27-20(17)16-11-14(5)8-9-15(16)13(3)4/h6,13-17,20H,1,7-12H2,2-5H3/b22-19-/t14?,15?,16?,17-,20-/m0/s1. The highest BCUT2D eigenvalue weighted by Crippen LogP contribution is 2.45. The van der Waals surface area contributed by atoms with Gasteiger partial charge >= 0.3 is 11.9 Å². The van der Waals surface area contributed by atoms with E-state index in [1.54, 1.807) is 13.0 Å². The van der Waals surface area contributed by atoms with Crippen LogP contribution in [0.2, 0.25) is 0 Å². The lowest BCUT2D eigenvalue weighted by Crippen LogP contribution is -2.42. The molecular weight excluding hydrogens is 346 g/mol. The highest BCUT2D eigenvalue weighted by atomic mass is 16.6. The normalized spacial score (nSPS) is 31.5. The number of carbonyl (C=O) groups excluding carboxylic acids is 2. The average Bonchev–Trinajstić information content (AvgIpc) is 2.99. The number of oxime groups is 1. The molecular formula is C21H33NO5. The van der Waals surface area contributed by atoms with E-state index in [-0.39, 0.29) is 43.3 Å². The Bertz CT molecular complexity index is 571. The third-order valence-electron chi connectivity index (χ3n) is 5.74. The highest BCUT2D eigenvalue weighted by molar-refractivity contribution is 6.37. The van der Waals surface area contributed by atoms with Crippen molar-refractivity contribution in [3.8, 4) is 0 Å². The summed E-state index contributed by atoms with van der Waals surface area (Å²) in [7, 11) is 0. The van der Waals surface area contributed by atoms with Gasteiger partial charge in [-0.15, -0.1) is 0 Å². The second kappa shape index (κ2) is 9.90. The minimum absolute atomic E-state index is 0.134. The summed E-state index contributed by atoms with van der Waals surface area (Å²) in [6, 6.07) is 0. The van der Waals surface area contributed by atoms with Crippen molar-refractivity contribution >= 4 is 17.7 Å². The van der Waals surface area contributed by atoms with Crippen molar-refractivity contribution < 1.29 is 23.9 Å². The smallest absolute Gasteiger partial charge is 0.356 e. The first-order chi connectivity index (χ1) is 12.9. The van der Waals surface area contributed by atoms with Gasteiger partial charge in [-0.05, 0) is 43.4 Å². The summed E-state index contributed by atoms with van der Waals surface area (Å²) in [4.78, 5) is 29.9. The molecule has 5 atom stereocenters. The molecule has 0 aromatic heterocycles. The molecule has 3 unspecified atom stereocenters. The monoisotopic (exact) mass is 379 g/mol. The SMILES string of the molecule is C=CCO/N=C(\C(=O)OCC)[C@@H]1CC(=O)O[C@H]1C1CC(C)CCC1C(C)C. The van der Waals surface area contributed by atoms with Crippen LogP contribution in [0.3, 0.4) is 0 Å². The summed E-state index contributed by atoms with van der Waals surface area (Å²) in [6.07, 6.45) is 4.62. The zero-order valence-corrected chi connectivity index (χ0v) is 17.0. The predicted octanol–water partition coefficient (Wildman–Crippen LogP) is 3.75. The Morgan fingerprint density at radius 1 is 1.41 bits per heavy atom. The Hall–Kier alpha value is -1.85. The molecule has 0 aromatic rings. The lowest BCUT2D eigenvalue weighted by molar-refractivity contribution is -0.146. The summed E-state index contributed by atoms with van der Waals surface area (Å²) in [5.74, 6) is 0.470. The van der Waals surface area contributed by atoms with E-state index in [1.165, 1.54) is 6.42 Å². The van der Waals surface area contributed by atoms with Crippen LogP contribution in [-0.2, 0) is 23.9 Å². The first-order valence-electron chi connectivity index (χ1n) is 10.1. The van der Waals surface area contributed by atoms with Gasteiger partial charge in [-0.3, -0.25) is 4.79 Å². The molecule has 1 heterocycles. The molecule has 0 spiro atoms. The fourth-order valence-corrected chi connectivity index (χ4v) is 4.49. The van der Waals surface area contributed by atoms with Gasteiger partial charge < -0.3 is 14.3 Å². The third kappa shape index (κ3) is 5.33. The summed E-state index contributed by atoms with van der Waals surface area (Å²) in [6.45, 7) is 12.4. The average molecular weight is 379 g/mol. The Balaban J connectivity index is 2.32. The van der Waals surface area contributed by atoms with Gasteiger partial charge in [0.2, 0.25) is 0 Å². The van der Waals surface area contributed by atoms with Crippen LogP contribution >= 0.6 is 0 Å². The number of nitrogens with zero attached hydrogens (tertiary/aromatic N) is 1. The first kappa shape index (κ1) is 21.5. The number of ether oxygens (including phenoxy) is 2. The predicted molar refractivity (Wildman–Crippen MR) is 103 cm³/mol. The van der Waals surface area contributed by atoms with Gasteiger partial charge in [-0.25, -0.2) is 4.79 Å². The Morgan fingerprint density at radius 3 is 2.78 bits per heavy atom. The van der Waals surface area contributed by atoms with Gasteiger partial charge in [0, 0.05) is 0 Å². The second-order valence-electron chi connectivity index (χ2n) is 8.04. The molecule has 1 saturated heterocycles. The first-order valence-corrected chi connectivity index (χ1v) is 10.1. The fourth-order valence-electron chi connectivity index (χ4n) is 4.49. The number of carbonyl (C=O) groups is 2. The number of rotatable bonds is 8. The molecule has 0 radical (unpaired) electrons. The van der Waals surface area contributed by atoms with Crippen LogP contribution in [0.1, 0.15) is 53.4 Å². The van der Waals surface area contributed by atoms with Gasteiger partial charge in [0.25, 0.3) is 0 Å². The minimum Gasteiger partial charge on any atom is -0.461 e. The minimum atomic E-state index is -0.542. The van der Waals surface area contributed by atoms with E-state index in [2.05, 4.69) is 32.5 Å². The summed E-state index contributed by atoms with van der Waals surface area (Å²) in [5.41, 5.74) is 0.148. The number of cyclic esters (lactones) is 1. The molecule has 2 fully saturated rings. The van der Waals surface area contributed by atoms with Gasteiger partial charge in [0.15, 0.2) is 5.71 Å². The molecule has 1 aliphatic heterocycles. The van der Waals surface area contributed by atoms with Crippen LogP contribution in [0.5, 0.6) is 0 Å². The van der Waals surface area contributed by atoms with Crippen molar-refractivity contribution in [1.82, 2.24) is 0 Å². The molecule has 152 valence electrons. The number of hydrogen-bond donors (Lipinski definition) is 0. The van der Waals surface area contributed by atoms with Crippen LogP contribution < -0.4 is 0 Å². The molecule has 6 heteroatoms. The third-order valence-corrected chi connectivity index (χ3v) is 5.74. The van der Waals surface area contributed by atoms with Crippen LogP contribution in [0.4, 0.5) is 0 Å². The Labute approximate surface area is 162 Å². The van der Waals surface area contributed by atoms with E-state index < -0.39 is 11.9 Å². The number of esters is 2. The van der Waals surface area contributed by atoms with E-state index in [0.717, 1.165) is 12.8 Å². The largest absolute Gasteiger partial charge is 0.461 e. The fraction of sp³-hybridized carbons (Fsp3) is 0.762. The van der Waals surface area contributed by atoms with E-state index >= 15 is 0 Å². The van der Waals surface area contributed by atoms with E-state index in [4.69, 9.17) is 14.3 Å². The quantitative estimate of drug-likeness (QED) is 0.211. The zero-order valence-electron chi connectivity index (χ0n) is 17.0. The lowest BCUT2D eigenvalue weighted by atomic mass is 9.66. The van der Waals surface area contributed by atoms with Crippen molar-refractivity contribution in [1.29, 1.82) is 0 Å². The van der Waals surface area contributed by atoms with Crippen molar-refractivity contribution in [2.24, 2.45) is 34.7 Å². The molecule has 2 aliphatic rings. The summed E-state index contributed by atoms with van der Waals surface area (Å²) >= 11 is 0. The highest BCUT2D eigenvalue weighted by Gasteiger charge is 2.49. The molecule has 0 amide bonds. The zero-order chi connectivity index (χ0) is 20.0. The van der Waals surface area contributed by atoms with Gasteiger partial charge in [-0.2, -0.15) is 0 Å². The molecule has 2 rings (SSSR count). The molecule has 0 N–H and O–H groups in total.